The number of aliphatic imine (C=N–C) groups is 1. The lowest BCUT2D eigenvalue weighted by atomic mass is 10.3. The number of hydrogen-bond donors (Lipinski definition) is 1. The summed E-state index contributed by atoms with van der Waals surface area (Å²) in [6.45, 7) is 5.65. The molecule has 0 amide bonds. The third-order valence-corrected chi connectivity index (χ3v) is 2.16. The monoisotopic (exact) mass is 337 g/mol. The summed E-state index contributed by atoms with van der Waals surface area (Å²) in [5.74, 6) is 0.196. The number of nitrogens with zero attached hydrogens (tertiary/aromatic N) is 2. The smallest absolute Gasteiger partial charge is 0.196 e. The molecule has 0 radical (unpaired) electrons. The van der Waals surface area contributed by atoms with Crippen LogP contribution in [-0.4, -0.2) is 23.9 Å². The van der Waals surface area contributed by atoms with E-state index in [0.29, 0.717) is 11.6 Å². The van der Waals surface area contributed by atoms with Gasteiger partial charge in [-0.1, -0.05) is 0 Å². The maximum atomic E-state index is 12.6. The van der Waals surface area contributed by atoms with E-state index in [9.17, 15) is 4.39 Å². The minimum absolute atomic E-state index is 0. The van der Waals surface area contributed by atoms with E-state index < -0.39 is 0 Å². The van der Waals surface area contributed by atoms with Crippen LogP contribution in [0.3, 0.4) is 0 Å². The molecule has 90 valence electrons. The maximum Gasteiger partial charge on any atom is 0.196 e. The Morgan fingerprint density at radius 3 is 2.19 bits per heavy atom. The third kappa shape index (κ3) is 4.34. The standard InChI is InChI=1S/C11H16FN3.HI/c1-3-15(4-2)11(13)14-10-7-5-9(12)6-8-10;/h5-8H,3-4H2,1-2H3,(H2,13,14);1H. The Bertz CT molecular complexity index is 334. The molecule has 0 unspecified atom stereocenters. The molecule has 0 saturated heterocycles. The van der Waals surface area contributed by atoms with Crippen molar-refractivity contribution in [3.63, 3.8) is 0 Å². The van der Waals surface area contributed by atoms with Crippen LogP contribution in [0, 0.1) is 5.82 Å². The van der Waals surface area contributed by atoms with Gasteiger partial charge in [0.15, 0.2) is 5.96 Å². The van der Waals surface area contributed by atoms with Crippen LogP contribution in [0.2, 0.25) is 0 Å². The van der Waals surface area contributed by atoms with Gasteiger partial charge in [0.1, 0.15) is 5.82 Å². The van der Waals surface area contributed by atoms with Crippen molar-refractivity contribution in [3.05, 3.63) is 30.1 Å². The van der Waals surface area contributed by atoms with E-state index in [1.165, 1.54) is 12.1 Å². The second-order valence-electron chi connectivity index (χ2n) is 3.12. The number of benzene rings is 1. The Morgan fingerprint density at radius 2 is 1.75 bits per heavy atom. The lowest BCUT2D eigenvalue weighted by molar-refractivity contribution is 0.460. The highest BCUT2D eigenvalue weighted by molar-refractivity contribution is 14.0. The first-order chi connectivity index (χ1) is 7.17. The van der Waals surface area contributed by atoms with Crippen LogP contribution in [0.5, 0.6) is 0 Å². The van der Waals surface area contributed by atoms with Gasteiger partial charge < -0.3 is 10.6 Å². The summed E-state index contributed by atoms with van der Waals surface area (Å²) >= 11 is 0. The molecule has 0 aromatic heterocycles. The highest BCUT2D eigenvalue weighted by Crippen LogP contribution is 2.12. The lowest BCUT2D eigenvalue weighted by Crippen LogP contribution is -2.36. The number of guanidine groups is 1. The van der Waals surface area contributed by atoms with Gasteiger partial charge in [0.2, 0.25) is 0 Å². The fourth-order valence-electron chi connectivity index (χ4n) is 1.27. The summed E-state index contributed by atoms with van der Waals surface area (Å²) in [6.07, 6.45) is 0. The van der Waals surface area contributed by atoms with Crippen molar-refractivity contribution in [1.29, 1.82) is 0 Å². The summed E-state index contributed by atoms with van der Waals surface area (Å²) in [5, 5.41) is 0. The van der Waals surface area contributed by atoms with Gasteiger partial charge in [-0.15, -0.1) is 24.0 Å². The van der Waals surface area contributed by atoms with E-state index >= 15 is 0 Å². The van der Waals surface area contributed by atoms with Crippen LogP contribution in [0.15, 0.2) is 29.3 Å². The van der Waals surface area contributed by atoms with Gasteiger partial charge >= 0.3 is 0 Å². The van der Waals surface area contributed by atoms with Crippen LogP contribution in [0.25, 0.3) is 0 Å². The Hall–Kier alpha value is -0.850. The van der Waals surface area contributed by atoms with E-state index in [-0.39, 0.29) is 29.8 Å². The van der Waals surface area contributed by atoms with E-state index in [1.54, 1.807) is 12.1 Å². The van der Waals surface area contributed by atoms with Crippen molar-refractivity contribution in [2.45, 2.75) is 13.8 Å². The molecule has 0 saturated carbocycles. The van der Waals surface area contributed by atoms with Crippen molar-refractivity contribution in [2.75, 3.05) is 13.1 Å². The maximum absolute atomic E-state index is 12.6. The Balaban J connectivity index is 0.00000225. The normalized spacial score (nSPS) is 10.8. The van der Waals surface area contributed by atoms with Gasteiger partial charge in [-0.3, -0.25) is 0 Å². The fourth-order valence-corrected chi connectivity index (χ4v) is 1.27. The minimum Gasteiger partial charge on any atom is -0.369 e. The van der Waals surface area contributed by atoms with E-state index in [0.717, 1.165) is 13.1 Å². The zero-order valence-electron chi connectivity index (χ0n) is 9.48. The average Bonchev–Trinajstić information content (AvgIpc) is 2.23. The Morgan fingerprint density at radius 1 is 1.25 bits per heavy atom. The zero-order chi connectivity index (χ0) is 11.3. The molecule has 16 heavy (non-hydrogen) atoms. The molecule has 0 bridgehead atoms. The number of nitrogens with two attached hydrogens (primary N) is 1. The molecule has 1 rings (SSSR count). The molecule has 0 aliphatic carbocycles. The summed E-state index contributed by atoms with van der Waals surface area (Å²) in [5.41, 5.74) is 6.46. The van der Waals surface area contributed by atoms with Crippen LogP contribution < -0.4 is 5.73 Å². The quantitative estimate of drug-likeness (QED) is 0.524. The van der Waals surface area contributed by atoms with Crippen molar-refractivity contribution >= 4 is 35.6 Å². The van der Waals surface area contributed by atoms with Crippen molar-refractivity contribution in [2.24, 2.45) is 10.7 Å². The van der Waals surface area contributed by atoms with Crippen molar-refractivity contribution in [3.8, 4) is 0 Å². The summed E-state index contributed by atoms with van der Waals surface area (Å²) in [6, 6.07) is 5.94. The zero-order valence-corrected chi connectivity index (χ0v) is 11.8. The van der Waals surface area contributed by atoms with E-state index in [1.807, 2.05) is 18.7 Å². The van der Waals surface area contributed by atoms with Crippen LogP contribution in [-0.2, 0) is 0 Å². The Kier molecular flexibility index (Phi) is 7.03. The molecule has 1 aromatic rings. The first-order valence-corrected chi connectivity index (χ1v) is 5.02. The molecule has 0 aliphatic rings. The second-order valence-corrected chi connectivity index (χ2v) is 3.12. The van der Waals surface area contributed by atoms with Crippen LogP contribution >= 0.6 is 24.0 Å². The average molecular weight is 337 g/mol. The molecular formula is C11H17FIN3. The Labute approximate surface area is 113 Å². The van der Waals surface area contributed by atoms with Gasteiger partial charge in [0.05, 0.1) is 5.69 Å². The molecule has 3 nitrogen and oxygen atoms in total. The lowest BCUT2D eigenvalue weighted by Gasteiger charge is -2.19. The molecule has 0 fully saturated rings. The summed E-state index contributed by atoms with van der Waals surface area (Å²) in [7, 11) is 0. The van der Waals surface area contributed by atoms with Crippen LogP contribution in [0.4, 0.5) is 10.1 Å². The van der Waals surface area contributed by atoms with E-state index in [4.69, 9.17) is 5.73 Å². The van der Waals surface area contributed by atoms with Crippen LogP contribution in [0.1, 0.15) is 13.8 Å². The molecule has 1 aromatic carbocycles. The molecule has 5 heteroatoms. The fraction of sp³-hybridized carbons (Fsp3) is 0.364. The van der Waals surface area contributed by atoms with Gasteiger partial charge in [0.25, 0.3) is 0 Å². The number of halogens is 2. The van der Waals surface area contributed by atoms with Gasteiger partial charge in [-0.2, -0.15) is 0 Å². The van der Waals surface area contributed by atoms with Gasteiger partial charge in [0, 0.05) is 13.1 Å². The highest BCUT2D eigenvalue weighted by Gasteiger charge is 2.01. The molecule has 0 atom stereocenters. The summed E-state index contributed by atoms with van der Waals surface area (Å²) in [4.78, 5) is 6.13. The predicted molar refractivity (Wildman–Crippen MR) is 76.0 cm³/mol. The largest absolute Gasteiger partial charge is 0.369 e. The SMILES string of the molecule is CCN(CC)C(N)=Nc1ccc(F)cc1.I. The van der Waals surface area contributed by atoms with Gasteiger partial charge in [-0.05, 0) is 38.1 Å². The molecular weight excluding hydrogens is 320 g/mol. The van der Waals surface area contributed by atoms with E-state index in [2.05, 4.69) is 4.99 Å². The topological polar surface area (TPSA) is 41.6 Å². The second kappa shape index (κ2) is 7.43. The number of hydrogen-bond acceptors (Lipinski definition) is 1. The van der Waals surface area contributed by atoms with Crippen molar-refractivity contribution in [1.82, 2.24) is 4.90 Å². The van der Waals surface area contributed by atoms with Gasteiger partial charge in [-0.25, -0.2) is 9.38 Å². The molecule has 2 N–H and O–H groups in total. The third-order valence-electron chi connectivity index (χ3n) is 2.16. The highest BCUT2D eigenvalue weighted by atomic mass is 127. The number of rotatable bonds is 3. The summed E-state index contributed by atoms with van der Waals surface area (Å²) < 4.78 is 12.6. The molecule has 0 aliphatic heterocycles. The molecule has 0 heterocycles. The minimum atomic E-state index is -0.268. The first kappa shape index (κ1) is 15.2. The molecule has 0 spiro atoms. The predicted octanol–water partition coefficient (Wildman–Crippen LogP) is 2.73. The van der Waals surface area contributed by atoms with Crippen molar-refractivity contribution < 1.29 is 4.39 Å². The first-order valence-electron chi connectivity index (χ1n) is 5.02.